The molecule has 4 nitrogen and oxygen atoms in total. The van der Waals surface area contributed by atoms with Crippen molar-refractivity contribution in [3.8, 4) is 10.6 Å². The molecule has 0 spiro atoms. The van der Waals surface area contributed by atoms with Crippen molar-refractivity contribution in [1.82, 2.24) is 10.3 Å². The lowest BCUT2D eigenvalue weighted by Crippen LogP contribution is -2.27. The van der Waals surface area contributed by atoms with Gasteiger partial charge in [-0.3, -0.25) is 4.79 Å². The molecule has 2 heterocycles. The predicted molar refractivity (Wildman–Crippen MR) is 99.6 cm³/mol. The van der Waals surface area contributed by atoms with E-state index in [1.165, 1.54) is 32.1 Å². The summed E-state index contributed by atoms with van der Waals surface area (Å²) in [5.41, 5.74) is 1.98. The summed E-state index contributed by atoms with van der Waals surface area (Å²) in [5, 5.41) is 10.0. The third kappa shape index (κ3) is 5.40. The Labute approximate surface area is 151 Å². The van der Waals surface area contributed by atoms with Crippen molar-refractivity contribution in [3.05, 3.63) is 27.9 Å². The van der Waals surface area contributed by atoms with Crippen LogP contribution in [0.1, 0.15) is 44.2 Å². The maximum Gasteiger partial charge on any atom is 0.226 e. The molecule has 0 saturated heterocycles. The predicted octanol–water partition coefficient (Wildman–Crippen LogP) is 4.27. The summed E-state index contributed by atoms with van der Waals surface area (Å²) >= 11 is 3.25. The van der Waals surface area contributed by atoms with Crippen molar-refractivity contribution < 1.29 is 9.53 Å². The van der Waals surface area contributed by atoms with Gasteiger partial charge in [-0.1, -0.05) is 19.3 Å². The van der Waals surface area contributed by atoms with Gasteiger partial charge in [0.25, 0.3) is 0 Å². The minimum atomic E-state index is 0.0369. The van der Waals surface area contributed by atoms with Crippen LogP contribution in [0.4, 0.5) is 0 Å². The van der Waals surface area contributed by atoms with Crippen LogP contribution in [-0.4, -0.2) is 30.1 Å². The molecule has 1 fully saturated rings. The molecule has 3 rings (SSSR count). The second kappa shape index (κ2) is 9.30. The largest absolute Gasteiger partial charge is 0.378 e. The maximum absolute atomic E-state index is 12.0. The average Bonchev–Trinajstić information content (AvgIpc) is 3.27. The lowest BCUT2D eigenvalue weighted by Gasteiger charge is -2.21. The minimum Gasteiger partial charge on any atom is -0.378 e. The van der Waals surface area contributed by atoms with Crippen LogP contribution in [0.15, 0.2) is 22.2 Å². The van der Waals surface area contributed by atoms with E-state index < -0.39 is 0 Å². The Bertz CT molecular complexity index is 619. The van der Waals surface area contributed by atoms with E-state index >= 15 is 0 Å². The summed E-state index contributed by atoms with van der Waals surface area (Å²) in [4.78, 5) is 16.5. The summed E-state index contributed by atoms with van der Waals surface area (Å²) in [5.74, 6) is 0.0369. The summed E-state index contributed by atoms with van der Waals surface area (Å²) in [6.07, 6.45) is 8.00. The molecule has 6 heteroatoms. The Morgan fingerprint density at radius 2 is 2.17 bits per heavy atom. The van der Waals surface area contributed by atoms with Crippen molar-refractivity contribution in [2.75, 3.05) is 13.2 Å². The van der Waals surface area contributed by atoms with Crippen LogP contribution in [0.25, 0.3) is 10.6 Å². The van der Waals surface area contributed by atoms with Gasteiger partial charge in [-0.15, -0.1) is 11.3 Å². The molecule has 0 atom stereocenters. The molecule has 0 aliphatic heterocycles. The molecule has 24 heavy (non-hydrogen) atoms. The van der Waals surface area contributed by atoms with Gasteiger partial charge in [0.1, 0.15) is 5.01 Å². The van der Waals surface area contributed by atoms with Gasteiger partial charge >= 0.3 is 0 Å². The lowest BCUT2D eigenvalue weighted by atomic mass is 9.98. The topological polar surface area (TPSA) is 51.2 Å². The number of rotatable bonds is 8. The number of thiazole rings is 1. The van der Waals surface area contributed by atoms with Crippen LogP contribution >= 0.6 is 22.7 Å². The van der Waals surface area contributed by atoms with Gasteiger partial charge in [-0.2, -0.15) is 11.3 Å². The van der Waals surface area contributed by atoms with Crippen LogP contribution in [0.3, 0.4) is 0 Å². The molecule has 1 aliphatic carbocycles. The lowest BCUT2D eigenvalue weighted by molar-refractivity contribution is -0.120. The smallest absolute Gasteiger partial charge is 0.226 e. The van der Waals surface area contributed by atoms with Gasteiger partial charge < -0.3 is 10.1 Å². The molecule has 0 bridgehead atoms. The van der Waals surface area contributed by atoms with E-state index in [2.05, 4.69) is 21.7 Å². The normalized spacial score (nSPS) is 15.5. The summed E-state index contributed by atoms with van der Waals surface area (Å²) in [7, 11) is 0. The van der Waals surface area contributed by atoms with Gasteiger partial charge in [0, 0.05) is 29.5 Å². The number of hydrogen-bond acceptors (Lipinski definition) is 5. The van der Waals surface area contributed by atoms with Crippen molar-refractivity contribution >= 4 is 28.6 Å². The average molecular weight is 365 g/mol. The standard InChI is InChI=1S/C18H24N2O2S2/c21-17(19-8-4-9-22-16-5-2-1-3-6-16)11-15-13-24-18(20-15)14-7-10-23-12-14/h7,10,12-13,16H,1-6,8-9,11H2,(H,19,21). The van der Waals surface area contributed by atoms with Gasteiger partial charge in [-0.05, 0) is 30.7 Å². The van der Waals surface area contributed by atoms with Crippen molar-refractivity contribution in [2.45, 2.75) is 51.0 Å². The number of thiophene rings is 1. The Morgan fingerprint density at radius 1 is 1.29 bits per heavy atom. The first-order valence-electron chi connectivity index (χ1n) is 8.66. The molecule has 0 radical (unpaired) electrons. The van der Waals surface area contributed by atoms with Gasteiger partial charge in [0.05, 0.1) is 18.2 Å². The van der Waals surface area contributed by atoms with E-state index in [0.717, 1.165) is 29.3 Å². The van der Waals surface area contributed by atoms with Crippen molar-refractivity contribution in [2.24, 2.45) is 0 Å². The number of hydrogen-bond donors (Lipinski definition) is 1. The van der Waals surface area contributed by atoms with Crippen LogP contribution < -0.4 is 5.32 Å². The van der Waals surface area contributed by atoms with E-state index in [-0.39, 0.29) is 5.91 Å². The molecule has 1 aliphatic rings. The first-order chi connectivity index (χ1) is 11.8. The first kappa shape index (κ1) is 17.6. The number of nitrogens with zero attached hydrogens (tertiary/aromatic N) is 1. The van der Waals surface area contributed by atoms with Gasteiger partial charge in [0.2, 0.25) is 5.91 Å². The van der Waals surface area contributed by atoms with Crippen LogP contribution in [-0.2, 0) is 16.0 Å². The Balaban J connectivity index is 1.31. The molecule has 0 unspecified atom stereocenters. The Morgan fingerprint density at radius 3 is 2.96 bits per heavy atom. The highest BCUT2D eigenvalue weighted by atomic mass is 32.1. The molecule has 1 N–H and O–H groups in total. The number of carbonyl (C=O) groups is 1. The van der Waals surface area contributed by atoms with Gasteiger partial charge in [-0.25, -0.2) is 4.98 Å². The van der Waals surface area contributed by atoms with E-state index in [1.807, 2.05) is 10.8 Å². The minimum absolute atomic E-state index is 0.0369. The summed E-state index contributed by atoms with van der Waals surface area (Å²) in [6, 6.07) is 2.06. The van der Waals surface area contributed by atoms with Crippen LogP contribution in [0.5, 0.6) is 0 Å². The summed E-state index contributed by atoms with van der Waals surface area (Å²) < 4.78 is 5.87. The third-order valence-corrected chi connectivity index (χ3v) is 5.83. The van der Waals surface area contributed by atoms with Gasteiger partial charge in [0.15, 0.2) is 0 Å². The maximum atomic E-state index is 12.0. The highest BCUT2D eigenvalue weighted by molar-refractivity contribution is 7.14. The third-order valence-electron chi connectivity index (χ3n) is 4.21. The zero-order valence-electron chi connectivity index (χ0n) is 13.8. The van der Waals surface area contributed by atoms with E-state index in [0.29, 0.717) is 19.1 Å². The van der Waals surface area contributed by atoms with E-state index in [1.54, 1.807) is 22.7 Å². The number of aromatic nitrogens is 1. The first-order valence-corrected chi connectivity index (χ1v) is 10.5. The van der Waals surface area contributed by atoms with Crippen molar-refractivity contribution in [3.63, 3.8) is 0 Å². The summed E-state index contributed by atoms with van der Waals surface area (Å²) in [6.45, 7) is 1.41. The number of ether oxygens (including phenoxy) is 1. The molecular formula is C18H24N2O2S2. The number of nitrogens with one attached hydrogen (secondary N) is 1. The zero-order chi connectivity index (χ0) is 16.6. The molecule has 1 saturated carbocycles. The van der Waals surface area contributed by atoms with Crippen LogP contribution in [0, 0.1) is 0 Å². The van der Waals surface area contributed by atoms with E-state index in [9.17, 15) is 4.79 Å². The fourth-order valence-electron chi connectivity index (χ4n) is 2.92. The number of amides is 1. The SMILES string of the molecule is O=C(Cc1csc(-c2ccsc2)n1)NCCCOC1CCCCC1. The second-order valence-corrected chi connectivity index (χ2v) is 7.81. The Hall–Kier alpha value is -1.24. The highest BCUT2D eigenvalue weighted by Gasteiger charge is 2.13. The van der Waals surface area contributed by atoms with Crippen molar-refractivity contribution in [1.29, 1.82) is 0 Å². The molecule has 130 valence electrons. The molecule has 2 aromatic rings. The fraction of sp³-hybridized carbons (Fsp3) is 0.556. The molecule has 1 amide bonds. The quantitative estimate of drug-likeness (QED) is 0.712. The van der Waals surface area contributed by atoms with E-state index in [4.69, 9.17) is 4.74 Å². The second-order valence-electron chi connectivity index (χ2n) is 6.17. The fourth-order valence-corrected chi connectivity index (χ4v) is 4.45. The molecule has 2 aromatic heterocycles. The van der Waals surface area contributed by atoms with Crippen LogP contribution in [0.2, 0.25) is 0 Å². The Kier molecular flexibility index (Phi) is 6.81. The molecule has 0 aromatic carbocycles. The highest BCUT2D eigenvalue weighted by Crippen LogP contribution is 2.25. The number of carbonyl (C=O) groups excluding carboxylic acids is 1. The molecular weight excluding hydrogens is 340 g/mol. The monoisotopic (exact) mass is 364 g/mol. The zero-order valence-corrected chi connectivity index (χ0v) is 15.5.